The molecule has 2 fully saturated rings. The molecule has 2 aliphatic rings. The number of piperazine rings is 1. The van der Waals surface area contributed by atoms with Gasteiger partial charge in [0.15, 0.2) is 0 Å². The lowest BCUT2D eigenvalue weighted by atomic mass is 9.91. The Morgan fingerprint density at radius 2 is 1.54 bits per heavy atom. The molecule has 5 amide bonds. The lowest BCUT2D eigenvalue weighted by Gasteiger charge is -2.35. The molecule has 8 nitrogen and oxygen atoms in total. The standard InChI is InChI=1S/C20H26N4O4/c1-4-16(25)22-9-11-23(12-10-22)17(26)13-24-18(27)20(3,21-19(24)28)15-7-5-14(2)6-8-15/h5-8H,4,9-13H2,1-3H3,(H,21,28). The highest BCUT2D eigenvalue weighted by Gasteiger charge is 2.49. The van der Waals surface area contributed by atoms with Crippen molar-refractivity contribution >= 4 is 23.8 Å². The molecule has 0 radical (unpaired) electrons. The van der Waals surface area contributed by atoms with Crippen LogP contribution in [0.25, 0.3) is 0 Å². The van der Waals surface area contributed by atoms with E-state index in [1.54, 1.807) is 16.7 Å². The zero-order valence-corrected chi connectivity index (χ0v) is 16.5. The number of rotatable bonds is 4. The number of urea groups is 1. The lowest BCUT2D eigenvalue weighted by Crippen LogP contribution is -2.53. The summed E-state index contributed by atoms with van der Waals surface area (Å²) in [5.41, 5.74) is 0.548. The van der Waals surface area contributed by atoms with E-state index in [0.29, 0.717) is 38.2 Å². The summed E-state index contributed by atoms with van der Waals surface area (Å²) in [6.07, 6.45) is 0.438. The van der Waals surface area contributed by atoms with Crippen molar-refractivity contribution in [2.75, 3.05) is 32.7 Å². The maximum absolute atomic E-state index is 12.9. The van der Waals surface area contributed by atoms with Crippen molar-refractivity contribution in [3.05, 3.63) is 35.4 Å². The van der Waals surface area contributed by atoms with E-state index in [2.05, 4.69) is 5.32 Å². The first-order chi connectivity index (χ1) is 13.3. The number of carbonyl (C=O) groups is 4. The van der Waals surface area contributed by atoms with Crippen molar-refractivity contribution in [1.82, 2.24) is 20.0 Å². The van der Waals surface area contributed by atoms with Gasteiger partial charge in [-0.2, -0.15) is 0 Å². The predicted molar refractivity (Wildman–Crippen MR) is 102 cm³/mol. The minimum absolute atomic E-state index is 0.0649. The third-order valence-electron chi connectivity index (χ3n) is 5.48. The van der Waals surface area contributed by atoms with Crippen LogP contribution in [0.5, 0.6) is 0 Å². The van der Waals surface area contributed by atoms with Crippen LogP contribution in [0.4, 0.5) is 4.79 Å². The van der Waals surface area contributed by atoms with Crippen LogP contribution in [-0.2, 0) is 19.9 Å². The molecule has 2 saturated heterocycles. The fourth-order valence-electron chi connectivity index (χ4n) is 3.59. The van der Waals surface area contributed by atoms with Gasteiger partial charge in [-0.1, -0.05) is 36.8 Å². The second-order valence-electron chi connectivity index (χ2n) is 7.43. The van der Waals surface area contributed by atoms with Crippen LogP contribution in [0, 0.1) is 6.92 Å². The van der Waals surface area contributed by atoms with Gasteiger partial charge in [0.2, 0.25) is 11.8 Å². The second kappa shape index (κ2) is 7.61. The largest absolute Gasteiger partial charge is 0.339 e. The fraction of sp³-hybridized carbons (Fsp3) is 0.500. The molecule has 150 valence electrons. The van der Waals surface area contributed by atoms with Gasteiger partial charge in [-0.15, -0.1) is 0 Å². The van der Waals surface area contributed by atoms with Crippen molar-refractivity contribution in [1.29, 1.82) is 0 Å². The number of nitrogens with zero attached hydrogens (tertiary/aromatic N) is 3. The second-order valence-corrected chi connectivity index (χ2v) is 7.43. The fourth-order valence-corrected chi connectivity index (χ4v) is 3.59. The van der Waals surface area contributed by atoms with Gasteiger partial charge < -0.3 is 15.1 Å². The summed E-state index contributed by atoms with van der Waals surface area (Å²) in [5, 5.41) is 2.72. The third kappa shape index (κ3) is 3.58. The molecule has 1 N–H and O–H groups in total. The molecule has 0 aromatic heterocycles. The van der Waals surface area contributed by atoms with Gasteiger partial charge in [0, 0.05) is 32.6 Å². The van der Waals surface area contributed by atoms with E-state index in [4.69, 9.17) is 0 Å². The maximum Gasteiger partial charge on any atom is 0.325 e. The number of imide groups is 1. The van der Waals surface area contributed by atoms with Crippen LogP contribution in [0.3, 0.4) is 0 Å². The topological polar surface area (TPSA) is 90.0 Å². The van der Waals surface area contributed by atoms with Crippen LogP contribution in [0.15, 0.2) is 24.3 Å². The number of amides is 5. The smallest absolute Gasteiger partial charge is 0.325 e. The van der Waals surface area contributed by atoms with Gasteiger partial charge in [-0.3, -0.25) is 19.3 Å². The number of hydrogen-bond donors (Lipinski definition) is 1. The molecule has 0 saturated carbocycles. The highest BCUT2D eigenvalue weighted by Crippen LogP contribution is 2.29. The van der Waals surface area contributed by atoms with Crippen LogP contribution in [-0.4, -0.2) is 71.2 Å². The van der Waals surface area contributed by atoms with Gasteiger partial charge in [0.1, 0.15) is 12.1 Å². The lowest BCUT2D eigenvalue weighted by molar-refractivity contribution is -0.142. The third-order valence-corrected chi connectivity index (χ3v) is 5.48. The quantitative estimate of drug-likeness (QED) is 0.777. The van der Waals surface area contributed by atoms with Gasteiger partial charge in [0.05, 0.1) is 0 Å². The van der Waals surface area contributed by atoms with Crippen LogP contribution >= 0.6 is 0 Å². The van der Waals surface area contributed by atoms with Crippen molar-refractivity contribution < 1.29 is 19.2 Å². The van der Waals surface area contributed by atoms with Crippen LogP contribution in [0.1, 0.15) is 31.4 Å². The zero-order chi connectivity index (χ0) is 20.5. The van der Waals surface area contributed by atoms with Gasteiger partial charge in [-0.25, -0.2) is 4.79 Å². The maximum atomic E-state index is 12.9. The van der Waals surface area contributed by atoms with E-state index in [-0.39, 0.29) is 18.4 Å². The Bertz CT molecular complexity index is 799. The molecule has 1 atom stereocenters. The number of aryl methyl sites for hydroxylation is 1. The Kier molecular flexibility index (Phi) is 5.40. The Balaban J connectivity index is 1.65. The van der Waals surface area contributed by atoms with Crippen molar-refractivity contribution in [3.63, 3.8) is 0 Å². The molecule has 1 unspecified atom stereocenters. The first-order valence-electron chi connectivity index (χ1n) is 9.53. The van der Waals surface area contributed by atoms with E-state index in [0.717, 1.165) is 10.5 Å². The molecule has 3 rings (SSSR count). The summed E-state index contributed by atoms with van der Waals surface area (Å²) in [6.45, 7) is 6.86. The van der Waals surface area contributed by atoms with Gasteiger partial charge in [0.25, 0.3) is 5.91 Å². The summed E-state index contributed by atoms with van der Waals surface area (Å²) in [4.78, 5) is 54.0. The van der Waals surface area contributed by atoms with E-state index in [1.165, 1.54) is 0 Å². The monoisotopic (exact) mass is 386 g/mol. The molecule has 28 heavy (non-hydrogen) atoms. The molecule has 8 heteroatoms. The molecular weight excluding hydrogens is 360 g/mol. The van der Waals surface area contributed by atoms with Crippen molar-refractivity contribution in [3.8, 4) is 0 Å². The first kappa shape index (κ1) is 19.9. The molecule has 2 aliphatic heterocycles. The van der Waals surface area contributed by atoms with Gasteiger partial charge >= 0.3 is 6.03 Å². The van der Waals surface area contributed by atoms with Crippen LogP contribution < -0.4 is 5.32 Å². The number of hydrogen-bond acceptors (Lipinski definition) is 4. The number of benzene rings is 1. The zero-order valence-electron chi connectivity index (χ0n) is 16.5. The van der Waals surface area contributed by atoms with E-state index < -0.39 is 17.5 Å². The average Bonchev–Trinajstić information content (AvgIpc) is 2.91. The highest BCUT2D eigenvalue weighted by molar-refractivity contribution is 6.09. The molecule has 0 aliphatic carbocycles. The van der Waals surface area contributed by atoms with Gasteiger partial charge in [-0.05, 0) is 19.4 Å². The van der Waals surface area contributed by atoms with E-state index >= 15 is 0 Å². The first-order valence-corrected chi connectivity index (χ1v) is 9.53. The molecule has 2 heterocycles. The minimum atomic E-state index is -1.18. The Morgan fingerprint density at radius 3 is 2.07 bits per heavy atom. The Labute approximate surface area is 164 Å². The Hall–Kier alpha value is -2.90. The normalized spacial score (nSPS) is 22.5. The molecule has 0 bridgehead atoms. The van der Waals surface area contributed by atoms with Crippen molar-refractivity contribution in [2.45, 2.75) is 32.7 Å². The summed E-state index contributed by atoms with van der Waals surface area (Å²) < 4.78 is 0. The number of carbonyl (C=O) groups excluding carboxylic acids is 4. The average molecular weight is 386 g/mol. The summed E-state index contributed by atoms with van der Waals surface area (Å²) in [7, 11) is 0. The van der Waals surface area contributed by atoms with E-state index in [1.807, 2.05) is 38.1 Å². The summed E-state index contributed by atoms with van der Waals surface area (Å²) >= 11 is 0. The van der Waals surface area contributed by atoms with E-state index in [9.17, 15) is 19.2 Å². The Morgan fingerprint density at radius 1 is 1.00 bits per heavy atom. The SMILES string of the molecule is CCC(=O)N1CCN(C(=O)CN2C(=O)NC(C)(c3ccc(C)cc3)C2=O)CC1. The van der Waals surface area contributed by atoms with Crippen molar-refractivity contribution in [2.24, 2.45) is 0 Å². The summed E-state index contributed by atoms with van der Waals surface area (Å²) in [5.74, 6) is -0.662. The predicted octanol–water partition coefficient (Wildman–Crippen LogP) is 0.843. The summed E-state index contributed by atoms with van der Waals surface area (Å²) in [6, 6.07) is 6.81. The number of nitrogens with one attached hydrogen (secondary N) is 1. The molecule has 1 aromatic rings. The van der Waals surface area contributed by atoms with Crippen LogP contribution in [0.2, 0.25) is 0 Å². The molecule has 1 aromatic carbocycles. The molecular formula is C20H26N4O4. The minimum Gasteiger partial charge on any atom is -0.339 e. The molecule has 0 spiro atoms. The highest BCUT2D eigenvalue weighted by atomic mass is 16.2.